The van der Waals surface area contributed by atoms with Gasteiger partial charge in [0.2, 0.25) is 0 Å². The summed E-state index contributed by atoms with van der Waals surface area (Å²) < 4.78 is 11.5. The van der Waals surface area contributed by atoms with Crippen molar-refractivity contribution >= 4 is 34.6 Å². The van der Waals surface area contributed by atoms with E-state index in [1.54, 1.807) is 17.4 Å². The molecule has 0 N–H and O–H groups in total. The maximum absolute atomic E-state index is 12.7. The fourth-order valence-electron chi connectivity index (χ4n) is 5.67. The van der Waals surface area contributed by atoms with Crippen LogP contribution in [0.2, 0.25) is 5.02 Å². The third-order valence-electron chi connectivity index (χ3n) is 7.90. The van der Waals surface area contributed by atoms with Gasteiger partial charge in [-0.3, -0.25) is 4.90 Å². The molecule has 0 bridgehead atoms. The van der Waals surface area contributed by atoms with E-state index in [1.165, 1.54) is 23.8 Å². The van der Waals surface area contributed by atoms with Crippen LogP contribution < -0.4 is 9.64 Å². The van der Waals surface area contributed by atoms with Crippen molar-refractivity contribution in [3.8, 4) is 33.1 Å². The van der Waals surface area contributed by atoms with E-state index in [2.05, 4.69) is 57.2 Å². The van der Waals surface area contributed by atoms with Crippen molar-refractivity contribution in [2.45, 2.75) is 20.4 Å². The smallest absolute Gasteiger partial charge is 0.341 e. The molecule has 0 amide bonds. The minimum absolute atomic E-state index is 0.393. The summed E-state index contributed by atoms with van der Waals surface area (Å²) in [6.45, 7) is 8.45. The van der Waals surface area contributed by atoms with Crippen molar-refractivity contribution in [3.05, 3.63) is 118 Å². The van der Waals surface area contributed by atoms with Gasteiger partial charge in [-0.25, -0.2) is 9.78 Å². The third kappa shape index (κ3) is 6.65. The molecule has 6 rings (SSSR count). The number of halogens is 1. The number of piperazine rings is 1. The topological polar surface area (TPSA) is 54.9 Å². The molecule has 8 heteroatoms. The number of hydrogen-bond acceptors (Lipinski definition) is 7. The molecule has 5 aromatic rings. The summed E-state index contributed by atoms with van der Waals surface area (Å²) >= 11 is 7.79. The largest absolute Gasteiger partial charge is 0.465 e. The van der Waals surface area contributed by atoms with Crippen molar-refractivity contribution < 1.29 is 14.3 Å². The number of rotatable bonds is 8. The highest BCUT2D eigenvalue weighted by atomic mass is 35.5. The molecule has 6 nitrogen and oxygen atoms in total. The highest BCUT2D eigenvalue weighted by Gasteiger charge is 2.22. The summed E-state index contributed by atoms with van der Waals surface area (Å²) in [7, 11) is 1.39. The Bertz CT molecular complexity index is 1780. The molecule has 1 aliphatic heterocycles. The van der Waals surface area contributed by atoms with Gasteiger partial charge in [-0.15, -0.1) is 11.3 Å². The lowest BCUT2D eigenvalue weighted by atomic mass is 9.99. The monoisotopic (exact) mass is 623 g/mol. The predicted octanol–water partition coefficient (Wildman–Crippen LogP) is 8.65. The molecule has 0 aliphatic carbocycles. The van der Waals surface area contributed by atoms with Gasteiger partial charge in [0, 0.05) is 49.5 Å². The summed E-state index contributed by atoms with van der Waals surface area (Å²) in [6.07, 6.45) is 0. The first kappa shape index (κ1) is 29.9. The first-order valence-electron chi connectivity index (χ1n) is 14.6. The number of methoxy groups -OCH3 is 1. The zero-order valence-electron chi connectivity index (χ0n) is 25.0. The molecule has 0 spiro atoms. The van der Waals surface area contributed by atoms with Crippen LogP contribution in [0, 0.1) is 13.8 Å². The second kappa shape index (κ2) is 13.2. The van der Waals surface area contributed by atoms with E-state index < -0.39 is 5.97 Å². The van der Waals surface area contributed by atoms with Gasteiger partial charge in [-0.2, -0.15) is 0 Å². The van der Waals surface area contributed by atoms with E-state index in [9.17, 15) is 4.79 Å². The van der Waals surface area contributed by atoms with E-state index >= 15 is 0 Å². The van der Waals surface area contributed by atoms with Crippen molar-refractivity contribution in [1.82, 2.24) is 9.88 Å². The zero-order chi connectivity index (χ0) is 30.6. The molecule has 4 aromatic carbocycles. The molecule has 44 heavy (non-hydrogen) atoms. The number of thiazole rings is 1. The van der Waals surface area contributed by atoms with Crippen LogP contribution in [0.1, 0.15) is 26.6 Å². The Kier molecular flexibility index (Phi) is 8.98. The SMILES string of the molecule is COC(=O)c1ccc(N2CCN(Cc3ccccc3-c3ccc(Cl)cc3)CC2)cc1Oc1cccc(-c2sc(C)nc2C)c1. The van der Waals surface area contributed by atoms with Crippen molar-refractivity contribution in [1.29, 1.82) is 0 Å². The fourth-order valence-corrected chi connectivity index (χ4v) is 6.71. The van der Waals surface area contributed by atoms with Crippen LogP contribution in [-0.2, 0) is 11.3 Å². The van der Waals surface area contributed by atoms with E-state index in [0.717, 1.165) is 64.6 Å². The number of esters is 1. The number of aryl methyl sites for hydroxylation is 2. The number of carbonyl (C=O) groups excluding carboxylic acids is 1. The normalized spacial score (nSPS) is 13.6. The highest BCUT2D eigenvalue weighted by molar-refractivity contribution is 7.15. The van der Waals surface area contributed by atoms with Crippen LogP contribution in [0.15, 0.2) is 91.0 Å². The lowest BCUT2D eigenvalue weighted by Crippen LogP contribution is -2.46. The molecule has 1 aromatic heterocycles. The lowest BCUT2D eigenvalue weighted by Gasteiger charge is -2.36. The molecule has 2 heterocycles. The second-order valence-electron chi connectivity index (χ2n) is 10.9. The molecular formula is C36H34ClN3O3S. The molecule has 0 saturated carbocycles. The molecule has 224 valence electrons. The van der Waals surface area contributed by atoms with Crippen molar-refractivity contribution in [2.24, 2.45) is 0 Å². The number of carbonyl (C=O) groups is 1. The van der Waals surface area contributed by atoms with Crippen LogP contribution >= 0.6 is 22.9 Å². The number of ether oxygens (including phenoxy) is 2. The van der Waals surface area contributed by atoms with Crippen LogP contribution in [0.4, 0.5) is 5.69 Å². The van der Waals surface area contributed by atoms with Crippen LogP contribution in [0.5, 0.6) is 11.5 Å². The first-order valence-corrected chi connectivity index (χ1v) is 15.8. The van der Waals surface area contributed by atoms with Crippen molar-refractivity contribution in [2.75, 3.05) is 38.2 Å². The Morgan fingerprint density at radius 2 is 1.66 bits per heavy atom. The summed E-state index contributed by atoms with van der Waals surface area (Å²) in [5, 5.41) is 1.76. The summed E-state index contributed by atoms with van der Waals surface area (Å²) in [5.74, 6) is 0.697. The van der Waals surface area contributed by atoms with E-state index in [0.29, 0.717) is 17.1 Å². The van der Waals surface area contributed by atoms with E-state index in [1.807, 2.05) is 56.3 Å². The summed E-state index contributed by atoms with van der Waals surface area (Å²) in [6, 6.07) is 30.2. The summed E-state index contributed by atoms with van der Waals surface area (Å²) in [4.78, 5) is 23.2. The van der Waals surface area contributed by atoms with Gasteiger partial charge < -0.3 is 14.4 Å². The van der Waals surface area contributed by atoms with Gasteiger partial charge in [-0.05, 0) is 72.5 Å². The van der Waals surface area contributed by atoms with E-state index in [-0.39, 0.29) is 0 Å². The van der Waals surface area contributed by atoms with Gasteiger partial charge >= 0.3 is 5.97 Å². The quantitative estimate of drug-likeness (QED) is 0.161. The molecule has 1 saturated heterocycles. The second-order valence-corrected chi connectivity index (χ2v) is 12.5. The van der Waals surface area contributed by atoms with Gasteiger partial charge in [-0.1, -0.05) is 60.1 Å². The predicted molar refractivity (Wildman–Crippen MR) is 179 cm³/mol. The summed E-state index contributed by atoms with van der Waals surface area (Å²) in [5.41, 5.74) is 7.14. The molecule has 1 aliphatic rings. The van der Waals surface area contributed by atoms with E-state index in [4.69, 9.17) is 21.1 Å². The lowest BCUT2D eigenvalue weighted by molar-refractivity contribution is 0.0598. The van der Waals surface area contributed by atoms with Gasteiger partial charge in [0.15, 0.2) is 0 Å². The number of benzene rings is 4. The zero-order valence-corrected chi connectivity index (χ0v) is 26.6. The number of nitrogens with zero attached hydrogens (tertiary/aromatic N) is 3. The van der Waals surface area contributed by atoms with Gasteiger partial charge in [0.25, 0.3) is 0 Å². The molecule has 0 radical (unpaired) electrons. The fraction of sp³-hybridized carbons (Fsp3) is 0.222. The average molecular weight is 624 g/mol. The maximum atomic E-state index is 12.7. The van der Waals surface area contributed by atoms with Crippen LogP contribution in [0.3, 0.4) is 0 Å². The Morgan fingerprint density at radius 1 is 0.886 bits per heavy atom. The molecule has 1 fully saturated rings. The number of hydrogen-bond donors (Lipinski definition) is 0. The minimum atomic E-state index is -0.430. The molecule has 0 atom stereocenters. The Morgan fingerprint density at radius 3 is 2.39 bits per heavy atom. The Labute approximate surface area is 267 Å². The number of anilines is 1. The molecule has 0 unspecified atom stereocenters. The highest BCUT2D eigenvalue weighted by Crippen LogP contribution is 2.36. The van der Waals surface area contributed by atoms with Gasteiger partial charge in [0.05, 0.1) is 22.7 Å². The van der Waals surface area contributed by atoms with Crippen LogP contribution in [0.25, 0.3) is 21.6 Å². The first-order chi connectivity index (χ1) is 21.4. The Balaban J connectivity index is 1.18. The van der Waals surface area contributed by atoms with Crippen LogP contribution in [-0.4, -0.2) is 49.1 Å². The standard InChI is InChI=1S/C36H34ClN3O3S/c1-24-35(44-25(2)38-24)27-8-6-9-31(21-27)43-34-22-30(15-16-33(34)36(41)42-3)40-19-17-39(18-20-40)23-28-7-4-5-10-32(28)26-11-13-29(37)14-12-26/h4-16,21-22H,17-20,23H2,1-3H3. The average Bonchev–Trinajstić information content (AvgIpc) is 3.39. The van der Waals surface area contributed by atoms with Gasteiger partial charge in [0.1, 0.15) is 17.1 Å². The number of aromatic nitrogens is 1. The maximum Gasteiger partial charge on any atom is 0.341 e. The minimum Gasteiger partial charge on any atom is -0.465 e. The molecular weight excluding hydrogens is 590 g/mol. The van der Waals surface area contributed by atoms with Crippen molar-refractivity contribution in [3.63, 3.8) is 0 Å². The third-order valence-corrected chi connectivity index (χ3v) is 9.28. The Hall–Kier alpha value is -4.17.